The first-order valence-corrected chi connectivity index (χ1v) is 10.7. The molecular weight excluding hydrogens is 438 g/mol. The monoisotopic (exact) mass is 461 g/mol. The van der Waals surface area contributed by atoms with E-state index in [1.807, 2.05) is 6.07 Å². The van der Waals surface area contributed by atoms with Crippen LogP contribution in [-0.2, 0) is 12.7 Å². The lowest BCUT2D eigenvalue weighted by Gasteiger charge is -2.21. The molecule has 1 N–H and O–H groups in total. The zero-order chi connectivity index (χ0) is 23.4. The number of nitrogens with zero attached hydrogens (tertiary/aromatic N) is 4. The zero-order valence-electron chi connectivity index (χ0n) is 17.8. The van der Waals surface area contributed by atoms with Crippen molar-refractivity contribution >= 4 is 11.7 Å². The van der Waals surface area contributed by atoms with E-state index in [4.69, 9.17) is 0 Å². The normalized spacial score (nSPS) is 14.7. The van der Waals surface area contributed by atoms with E-state index in [2.05, 4.69) is 20.3 Å². The number of alkyl halides is 3. The smallest absolute Gasteiger partial charge is 0.357 e. The minimum Gasteiger partial charge on any atom is -0.357 e. The second-order valence-corrected chi connectivity index (χ2v) is 7.88. The summed E-state index contributed by atoms with van der Waals surface area (Å²) in [4.78, 5) is 19.2. The first kappa shape index (κ1) is 22.8. The van der Waals surface area contributed by atoms with Gasteiger partial charge < -0.3 is 10.2 Å². The molecule has 174 valence electrons. The Hall–Kier alpha value is -3.43. The molecule has 1 aliphatic rings. The van der Waals surface area contributed by atoms with Gasteiger partial charge >= 0.3 is 6.18 Å². The summed E-state index contributed by atoms with van der Waals surface area (Å²) in [5, 5.41) is 6.12. The van der Waals surface area contributed by atoms with Gasteiger partial charge in [0.1, 0.15) is 17.3 Å². The molecule has 0 radical (unpaired) electrons. The summed E-state index contributed by atoms with van der Waals surface area (Å²) in [5.74, 6) is -0.993. The van der Waals surface area contributed by atoms with Gasteiger partial charge in [-0.1, -0.05) is 31.0 Å². The second-order valence-electron chi connectivity index (χ2n) is 7.88. The molecule has 4 rings (SSSR count). The van der Waals surface area contributed by atoms with Crippen LogP contribution in [0, 0.1) is 5.82 Å². The maximum atomic E-state index is 14.1. The Kier molecular flexibility index (Phi) is 6.62. The van der Waals surface area contributed by atoms with Crippen molar-refractivity contribution in [3.05, 3.63) is 71.4 Å². The Labute approximate surface area is 188 Å². The first-order chi connectivity index (χ1) is 15.8. The van der Waals surface area contributed by atoms with E-state index in [1.165, 1.54) is 25.0 Å². The van der Waals surface area contributed by atoms with E-state index >= 15 is 0 Å². The van der Waals surface area contributed by atoms with Gasteiger partial charge in [-0.05, 0) is 36.6 Å². The molecule has 33 heavy (non-hydrogen) atoms. The highest BCUT2D eigenvalue weighted by atomic mass is 19.4. The van der Waals surface area contributed by atoms with Crippen molar-refractivity contribution in [1.82, 2.24) is 20.1 Å². The quantitative estimate of drug-likeness (QED) is 0.558. The number of amides is 1. The van der Waals surface area contributed by atoms with Crippen molar-refractivity contribution in [3.8, 4) is 5.69 Å². The Balaban J connectivity index is 1.49. The number of aromatic nitrogens is 3. The van der Waals surface area contributed by atoms with E-state index in [9.17, 15) is 22.4 Å². The summed E-state index contributed by atoms with van der Waals surface area (Å²) in [7, 11) is 0. The summed E-state index contributed by atoms with van der Waals surface area (Å²) in [5.41, 5.74) is -1.76. The van der Waals surface area contributed by atoms with Crippen LogP contribution in [0.2, 0.25) is 0 Å². The lowest BCUT2D eigenvalue weighted by Crippen LogP contribution is -2.27. The number of hydrogen-bond donors (Lipinski definition) is 1. The Bertz CT molecular complexity index is 1100. The van der Waals surface area contributed by atoms with Gasteiger partial charge in [0.05, 0.1) is 11.8 Å². The molecule has 10 heteroatoms. The van der Waals surface area contributed by atoms with Gasteiger partial charge in [0.2, 0.25) is 0 Å². The first-order valence-electron chi connectivity index (χ1n) is 10.7. The molecule has 0 spiro atoms. The molecule has 1 aromatic carbocycles. The molecule has 2 aromatic heterocycles. The second kappa shape index (κ2) is 9.60. The fraction of sp³-hybridized carbons (Fsp3) is 0.348. The van der Waals surface area contributed by atoms with Crippen molar-refractivity contribution in [2.75, 3.05) is 18.0 Å². The van der Waals surface area contributed by atoms with Crippen molar-refractivity contribution in [3.63, 3.8) is 0 Å². The highest BCUT2D eigenvalue weighted by Crippen LogP contribution is 2.34. The third kappa shape index (κ3) is 5.15. The van der Waals surface area contributed by atoms with Crippen molar-refractivity contribution in [2.24, 2.45) is 0 Å². The van der Waals surface area contributed by atoms with Gasteiger partial charge in [-0.25, -0.2) is 14.1 Å². The Morgan fingerprint density at radius 3 is 2.36 bits per heavy atom. The summed E-state index contributed by atoms with van der Waals surface area (Å²) in [6.07, 6.45) is 2.12. The molecular formula is C23H23F4N5O. The van der Waals surface area contributed by atoms with Crippen LogP contribution in [0.25, 0.3) is 5.69 Å². The SMILES string of the molecule is O=C(NCc1ccc(N2CCCCCC2)nc1)c1cnn(-c2ccccc2F)c1C(F)(F)F. The number of carbonyl (C=O) groups excluding carboxylic acids is 1. The minimum absolute atomic E-state index is 0.00567. The average Bonchev–Trinajstić information content (AvgIpc) is 3.07. The Morgan fingerprint density at radius 2 is 1.73 bits per heavy atom. The molecule has 0 bridgehead atoms. The van der Waals surface area contributed by atoms with E-state index in [1.54, 1.807) is 12.3 Å². The summed E-state index contributed by atoms with van der Waals surface area (Å²) in [6.45, 7) is 1.87. The lowest BCUT2D eigenvalue weighted by atomic mass is 10.2. The van der Waals surface area contributed by atoms with E-state index in [0.717, 1.165) is 50.1 Å². The molecule has 0 atom stereocenters. The minimum atomic E-state index is -4.91. The topological polar surface area (TPSA) is 63.1 Å². The standard InChI is InChI=1S/C23H23F4N5O/c24-18-7-3-4-8-19(18)32-21(23(25,26)27)17(15-30-32)22(33)29-14-16-9-10-20(28-13-16)31-11-5-1-2-6-12-31/h3-4,7-10,13,15H,1-2,5-6,11-12,14H2,(H,29,33). The molecule has 3 aromatic rings. The zero-order valence-corrected chi connectivity index (χ0v) is 17.8. The van der Waals surface area contributed by atoms with Crippen LogP contribution >= 0.6 is 0 Å². The fourth-order valence-corrected chi connectivity index (χ4v) is 3.88. The van der Waals surface area contributed by atoms with E-state index in [0.29, 0.717) is 10.2 Å². The van der Waals surface area contributed by atoms with Crippen LogP contribution in [-0.4, -0.2) is 33.8 Å². The number of benzene rings is 1. The van der Waals surface area contributed by atoms with E-state index in [-0.39, 0.29) is 6.54 Å². The summed E-state index contributed by atoms with van der Waals surface area (Å²) in [6, 6.07) is 8.58. The van der Waals surface area contributed by atoms with Gasteiger partial charge in [-0.15, -0.1) is 0 Å². The van der Waals surface area contributed by atoms with Gasteiger partial charge in [-0.2, -0.15) is 18.3 Å². The molecule has 1 aliphatic heterocycles. The number of halogens is 4. The predicted molar refractivity (Wildman–Crippen MR) is 115 cm³/mol. The molecule has 6 nitrogen and oxygen atoms in total. The van der Waals surface area contributed by atoms with Crippen molar-refractivity contribution in [2.45, 2.75) is 38.4 Å². The van der Waals surface area contributed by atoms with Gasteiger partial charge in [0, 0.05) is 25.8 Å². The molecule has 0 aliphatic carbocycles. The molecule has 3 heterocycles. The maximum absolute atomic E-state index is 14.1. The van der Waals surface area contributed by atoms with Crippen LogP contribution in [0.15, 0.2) is 48.8 Å². The number of nitrogens with one attached hydrogen (secondary N) is 1. The third-order valence-corrected chi connectivity index (χ3v) is 5.56. The molecule has 0 saturated carbocycles. The number of pyridine rings is 1. The third-order valence-electron chi connectivity index (χ3n) is 5.56. The van der Waals surface area contributed by atoms with Crippen LogP contribution in [0.1, 0.15) is 47.3 Å². The number of hydrogen-bond acceptors (Lipinski definition) is 4. The van der Waals surface area contributed by atoms with Gasteiger partial charge in [0.25, 0.3) is 5.91 Å². The van der Waals surface area contributed by atoms with Gasteiger partial charge in [0.15, 0.2) is 5.69 Å². The average molecular weight is 461 g/mol. The van der Waals surface area contributed by atoms with Crippen LogP contribution in [0.5, 0.6) is 0 Å². The lowest BCUT2D eigenvalue weighted by molar-refractivity contribution is -0.143. The van der Waals surface area contributed by atoms with E-state index < -0.39 is 34.8 Å². The Morgan fingerprint density at radius 1 is 1.00 bits per heavy atom. The highest BCUT2D eigenvalue weighted by Gasteiger charge is 2.41. The van der Waals surface area contributed by atoms with Crippen LogP contribution in [0.4, 0.5) is 23.4 Å². The molecule has 0 unspecified atom stereocenters. The number of anilines is 1. The number of para-hydroxylation sites is 1. The largest absolute Gasteiger partial charge is 0.434 e. The number of rotatable bonds is 5. The predicted octanol–water partition coefficient (Wildman–Crippen LogP) is 4.74. The summed E-state index contributed by atoms with van der Waals surface area (Å²) >= 11 is 0. The van der Waals surface area contributed by atoms with Crippen molar-refractivity contribution in [1.29, 1.82) is 0 Å². The highest BCUT2D eigenvalue weighted by molar-refractivity contribution is 5.95. The molecule has 1 saturated heterocycles. The fourth-order valence-electron chi connectivity index (χ4n) is 3.88. The molecule has 1 amide bonds. The van der Waals surface area contributed by atoms with Crippen LogP contribution in [0.3, 0.4) is 0 Å². The van der Waals surface area contributed by atoms with Crippen LogP contribution < -0.4 is 10.2 Å². The summed E-state index contributed by atoms with van der Waals surface area (Å²) < 4.78 is 55.7. The van der Waals surface area contributed by atoms with Crippen molar-refractivity contribution < 1.29 is 22.4 Å². The van der Waals surface area contributed by atoms with Gasteiger partial charge in [-0.3, -0.25) is 4.79 Å². The maximum Gasteiger partial charge on any atom is 0.434 e. The molecule has 1 fully saturated rings. The number of carbonyl (C=O) groups is 1.